The van der Waals surface area contributed by atoms with Crippen LogP contribution in [0.2, 0.25) is 0 Å². The summed E-state index contributed by atoms with van der Waals surface area (Å²) in [6.45, 7) is 3.30. The summed E-state index contributed by atoms with van der Waals surface area (Å²) < 4.78 is 36.1. The first-order valence-corrected chi connectivity index (χ1v) is 7.94. The number of ether oxygens (including phenoxy) is 1. The Labute approximate surface area is 119 Å². The summed E-state index contributed by atoms with van der Waals surface area (Å²) in [5.74, 6) is 0.552. The fraction of sp³-hybridized carbons (Fsp3) is 0.667. The second-order valence-corrected chi connectivity index (χ2v) is 6.06. The lowest BCUT2D eigenvalue weighted by atomic mass is 10.4. The molecule has 1 rings (SSSR count). The minimum absolute atomic E-state index is 0.0624. The number of methoxy groups -OCH3 is 1. The van der Waals surface area contributed by atoms with Gasteiger partial charge in [0, 0.05) is 13.7 Å². The zero-order valence-electron chi connectivity index (χ0n) is 11.8. The molecule has 1 atom stereocenters. The van der Waals surface area contributed by atoms with E-state index in [1.54, 1.807) is 6.07 Å². The summed E-state index contributed by atoms with van der Waals surface area (Å²) in [7, 11) is -2.31. The van der Waals surface area contributed by atoms with Crippen LogP contribution in [0.15, 0.2) is 21.6 Å². The number of furan rings is 1. The average molecular weight is 306 g/mol. The van der Waals surface area contributed by atoms with Gasteiger partial charge in [0.25, 0.3) is 10.0 Å². The first-order chi connectivity index (χ1) is 9.49. The molecule has 116 valence electrons. The molecule has 0 fully saturated rings. The first kappa shape index (κ1) is 17.1. The molecule has 1 aromatic rings. The molecule has 0 aliphatic rings. The third-order valence-corrected chi connectivity index (χ3v) is 3.79. The van der Waals surface area contributed by atoms with E-state index in [1.165, 1.54) is 13.2 Å². The molecule has 7 nitrogen and oxygen atoms in total. The first-order valence-electron chi connectivity index (χ1n) is 6.45. The molecule has 1 aromatic heterocycles. The smallest absolute Gasteiger partial charge is 0.274 e. The second-order valence-electron chi connectivity index (χ2n) is 4.36. The molecule has 0 saturated heterocycles. The predicted molar refractivity (Wildman–Crippen MR) is 73.8 cm³/mol. The van der Waals surface area contributed by atoms with Gasteiger partial charge >= 0.3 is 0 Å². The highest BCUT2D eigenvalue weighted by Crippen LogP contribution is 2.13. The number of rotatable bonds is 10. The van der Waals surface area contributed by atoms with Gasteiger partial charge in [0.2, 0.25) is 5.09 Å². The molecule has 1 heterocycles. The van der Waals surface area contributed by atoms with Crippen LogP contribution in [0.3, 0.4) is 0 Å². The van der Waals surface area contributed by atoms with E-state index in [0.29, 0.717) is 12.3 Å². The fourth-order valence-electron chi connectivity index (χ4n) is 1.51. The van der Waals surface area contributed by atoms with Gasteiger partial charge in [-0.05, 0) is 25.1 Å². The van der Waals surface area contributed by atoms with E-state index in [1.807, 2.05) is 6.92 Å². The summed E-state index contributed by atoms with van der Waals surface area (Å²) >= 11 is 0. The Morgan fingerprint density at radius 3 is 2.85 bits per heavy atom. The maximum absolute atomic E-state index is 11.9. The molecular formula is C12H22N2O5S. The Morgan fingerprint density at radius 1 is 1.45 bits per heavy atom. The van der Waals surface area contributed by atoms with Crippen molar-refractivity contribution in [1.29, 1.82) is 0 Å². The molecule has 0 aliphatic heterocycles. The van der Waals surface area contributed by atoms with Crippen molar-refractivity contribution < 1.29 is 22.7 Å². The lowest BCUT2D eigenvalue weighted by Crippen LogP contribution is -2.34. The van der Waals surface area contributed by atoms with Gasteiger partial charge in [0.05, 0.1) is 19.3 Å². The Balaban J connectivity index is 2.54. The van der Waals surface area contributed by atoms with Crippen molar-refractivity contribution in [2.24, 2.45) is 0 Å². The third-order valence-electron chi connectivity index (χ3n) is 2.50. The van der Waals surface area contributed by atoms with Gasteiger partial charge in [0.15, 0.2) is 0 Å². The summed E-state index contributed by atoms with van der Waals surface area (Å²) in [4.78, 5) is 0. The van der Waals surface area contributed by atoms with E-state index in [0.717, 1.165) is 13.0 Å². The molecule has 0 saturated carbocycles. The molecule has 0 amide bonds. The maximum atomic E-state index is 11.9. The molecule has 0 aliphatic carbocycles. The van der Waals surface area contributed by atoms with Crippen LogP contribution in [0.5, 0.6) is 0 Å². The zero-order valence-corrected chi connectivity index (χ0v) is 12.6. The highest BCUT2D eigenvalue weighted by atomic mass is 32.2. The van der Waals surface area contributed by atoms with Gasteiger partial charge in [0.1, 0.15) is 5.76 Å². The van der Waals surface area contributed by atoms with Gasteiger partial charge in [-0.3, -0.25) is 0 Å². The maximum Gasteiger partial charge on any atom is 0.274 e. The molecule has 0 aromatic carbocycles. The van der Waals surface area contributed by atoms with E-state index in [-0.39, 0.29) is 18.2 Å². The molecular weight excluding hydrogens is 284 g/mol. The minimum Gasteiger partial charge on any atom is -0.447 e. The fourth-order valence-corrected chi connectivity index (χ4v) is 2.53. The van der Waals surface area contributed by atoms with Crippen molar-refractivity contribution >= 4 is 10.0 Å². The van der Waals surface area contributed by atoms with E-state index >= 15 is 0 Å². The van der Waals surface area contributed by atoms with Crippen molar-refractivity contribution in [3.8, 4) is 0 Å². The summed E-state index contributed by atoms with van der Waals surface area (Å²) in [6.07, 6.45) is 0.0978. The Hall–Kier alpha value is -0.930. The molecule has 0 radical (unpaired) electrons. The van der Waals surface area contributed by atoms with Gasteiger partial charge in [-0.1, -0.05) is 6.92 Å². The SMILES string of the molecule is CCCNCc1ccc(S(=O)(=O)NCC(O)COC)o1. The number of nitrogens with one attached hydrogen (secondary N) is 2. The van der Waals surface area contributed by atoms with Crippen LogP contribution in [0.4, 0.5) is 0 Å². The number of aliphatic hydroxyl groups is 1. The Bertz CT molecular complexity index is 486. The molecule has 8 heteroatoms. The minimum atomic E-state index is -3.74. The van der Waals surface area contributed by atoms with Crippen molar-refractivity contribution in [2.75, 3.05) is 26.8 Å². The average Bonchev–Trinajstić information content (AvgIpc) is 2.87. The van der Waals surface area contributed by atoms with E-state index < -0.39 is 16.1 Å². The van der Waals surface area contributed by atoms with Gasteiger partial charge in [-0.2, -0.15) is 0 Å². The van der Waals surface area contributed by atoms with Gasteiger partial charge in [-0.25, -0.2) is 13.1 Å². The lowest BCUT2D eigenvalue weighted by Gasteiger charge is -2.09. The number of aliphatic hydroxyl groups excluding tert-OH is 1. The lowest BCUT2D eigenvalue weighted by molar-refractivity contribution is 0.0678. The third kappa shape index (κ3) is 5.59. The highest BCUT2D eigenvalue weighted by Gasteiger charge is 2.19. The van der Waals surface area contributed by atoms with Crippen molar-refractivity contribution in [3.63, 3.8) is 0 Å². The second kappa shape index (κ2) is 8.38. The molecule has 20 heavy (non-hydrogen) atoms. The van der Waals surface area contributed by atoms with Crippen LogP contribution >= 0.6 is 0 Å². The topological polar surface area (TPSA) is 101 Å². The predicted octanol–water partition coefficient (Wildman–Crippen LogP) is 0.0648. The van der Waals surface area contributed by atoms with Crippen molar-refractivity contribution in [2.45, 2.75) is 31.1 Å². The van der Waals surface area contributed by atoms with Crippen molar-refractivity contribution in [3.05, 3.63) is 17.9 Å². The number of hydrogen-bond donors (Lipinski definition) is 3. The summed E-state index contributed by atoms with van der Waals surface area (Å²) in [5.41, 5.74) is 0. The van der Waals surface area contributed by atoms with E-state index in [9.17, 15) is 13.5 Å². The Morgan fingerprint density at radius 2 is 2.20 bits per heavy atom. The largest absolute Gasteiger partial charge is 0.447 e. The molecule has 3 N–H and O–H groups in total. The molecule has 0 spiro atoms. The van der Waals surface area contributed by atoms with Crippen LogP contribution in [0.1, 0.15) is 19.1 Å². The van der Waals surface area contributed by atoms with Crippen LogP contribution < -0.4 is 10.0 Å². The van der Waals surface area contributed by atoms with Crippen LogP contribution in [0.25, 0.3) is 0 Å². The van der Waals surface area contributed by atoms with E-state index in [4.69, 9.17) is 9.15 Å². The summed E-state index contributed by atoms with van der Waals surface area (Å²) in [6, 6.07) is 3.01. The quantitative estimate of drug-likeness (QED) is 0.529. The Kier molecular flexibility index (Phi) is 7.17. The summed E-state index contributed by atoms with van der Waals surface area (Å²) in [5, 5.41) is 12.4. The molecule has 1 unspecified atom stereocenters. The van der Waals surface area contributed by atoms with Crippen molar-refractivity contribution in [1.82, 2.24) is 10.0 Å². The highest BCUT2D eigenvalue weighted by molar-refractivity contribution is 7.89. The normalized spacial score (nSPS) is 13.6. The van der Waals surface area contributed by atoms with Crippen LogP contribution in [0, 0.1) is 0 Å². The number of sulfonamides is 1. The van der Waals surface area contributed by atoms with E-state index in [2.05, 4.69) is 10.0 Å². The number of hydrogen-bond acceptors (Lipinski definition) is 6. The molecule has 0 bridgehead atoms. The monoisotopic (exact) mass is 306 g/mol. The zero-order chi connectivity index (χ0) is 15.0. The van der Waals surface area contributed by atoms with Crippen LogP contribution in [-0.2, 0) is 21.3 Å². The van der Waals surface area contributed by atoms with Gasteiger partial charge < -0.3 is 19.6 Å². The van der Waals surface area contributed by atoms with Crippen LogP contribution in [-0.4, -0.2) is 46.4 Å². The standard InChI is InChI=1S/C12H22N2O5S/c1-3-6-13-8-11-4-5-12(19-11)20(16,17)14-7-10(15)9-18-2/h4-5,10,13-15H,3,6-9H2,1-2H3. The van der Waals surface area contributed by atoms with Gasteiger partial charge in [-0.15, -0.1) is 0 Å².